The van der Waals surface area contributed by atoms with E-state index in [1.54, 1.807) is 24.3 Å². The monoisotopic (exact) mass is 371 g/mol. The molecule has 0 saturated heterocycles. The van der Waals surface area contributed by atoms with Crippen molar-refractivity contribution in [3.63, 3.8) is 0 Å². The quantitative estimate of drug-likeness (QED) is 0.802. The van der Waals surface area contributed by atoms with Crippen LogP contribution in [0.25, 0.3) is 0 Å². The molecule has 0 amide bonds. The molecular weight excluding hydrogens is 357 g/mol. The summed E-state index contributed by atoms with van der Waals surface area (Å²) in [6, 6.07) is 10.3. The Hall–Kier alpha value is -1.10. The van der Waals surface area contributed by atoms with Crippen molar-refractivity contribution in [3.8, 4) is 5.75 Å². The number of rotatable bonds is 5. The first-order valence-corrected chi connectivity index (χ1v) is 7.76. The first-order chi connectivity index (χ1) is 10.1. The number of hydrogen-bond donors (Lipinski definition) is 1. The van der Waals surface area contributed by atoms with Gasteiger partial charge in [0.15, 0.2) is 11.6 Å². The Morgan fingerprint density at radius 2 is 2.05 bits per heavy atom. The average molecular weight is 373 g/mol. The van der Waals surface area contributed by atoms with Gasteiger partial charge in [0.25, 0.3) is 0 Å². The van der Waals surface area contributed by atoms with Crippen molar-refractivity contribution >= 4 is 27.5 Å². The summed E-state index contributed by atoms with van der Waals surface area (Å²) in [6.45, 7) is 2.65. The molecule has 0 radical (unpaired) electrons. The van der Waals surface area contributed by atoms with Crippen molar-refractivity contribution in [2.75, 3.05) is 13.7 Å². The molecule has 0 fully saturated rings. The third kappa shape index (κ3) is 3.57. The summed E-state index contributed by atoms with van der Waals surface area (Å²) in [6.07, 6.45) is 0. The minimum atomic E-state index is -0.373. The van der Waals surface area contributed by atoms with E-state index in [0.717, 1.165) is 10.0 Å². The number of ether oxygens (including phenoxy) is 1. The molecule has 2 nitrogen and oxygen atoms in total. The fraction of sp³-hybridized carbons (Fsp3) is 0.250. The van der Waals surface area contributed by atoms with Gasteiger partial charge in [-0.05, 0) is 36.4 Å². The smallest absolute Gasteiger partial charge is 0.170 e. The highest BCUT2D eigenvalue weighted by Crippen LogP contribution is 2.34. The van der Waals surface area contributed by atoms with Gasteiger partial charge in [0.1, 0.15) is 0 Å². The van der Waals surface area contributed by atoms with Crippen LogP contribution in [0, 0.1) is 5.82 Å². The van der Waals surface area contributed by atoms with Gasteiger partial charge >= 0.3 is 0 Å². The molecule has 0 aliphatic rings. The largest absolute Gasteiger partial charge is 0.494 e. The Balaban J connectivity index is 2.56. The average Bonchev–Trinajstić information content (AvgIpc) is 2.48. The van der Waals surface area contributed by atoms with E-state index >= 15 is 0 Å². The lowest BCUT2D eigenvalue weighted by Crippen LogP contribution is -2.23. The molecule has 0 aliphatic carbocycles. The van der Waals surface area contributed by atoms with Gasteiger partial charge in [-0.3, -0.25) is 0 Å². The minimum absolute atomic E-state index is 0.224. The molecule has 0 aliphatic heterocycles. The molecule has 0 spiro atoms. The van der Waals surface area contributed by atoms with Crippen molar-refractivity contribution in [3.05, 3.63) is 62.8 Å². The number of benzene rings is 2. The maximum Gasteiger partial charge on any atom is 0.170 e. The van der Waals surface area contributed by atoms with E-state index < -0.39 is 0 Å². The van der Waals surface area contributed by atoms with Crippen LogP contribution in [0.1, 0.15) is 24.1 Å². The molecule has 5 heteroatoms. The van der Waals surface area contributed by atoms with Gasteiger partial charge in [0.05, 0.1) is 13.2 Å². The molecule has 2 rings (SSSR count). The van der Waals surface area contributed by atoms with E-state index in [0.29, 0.717) is 17.1 Å². The molecule has 1 atom stereocenters. The molecule has 2 aromatic carbocycles. The van der Waals surface area contributed by atoms with Crippen molar-refractivity contribution < 1.29 is 9.13 Å². The van der Waals surface area contributed by atoms with E-state index in [1.165, 1.54) is 7.11 Å². The van der Waals surface area contributed by atoms with E-state index in [9.17, 15) is 4.39 Å². The van der Waals surface area contributed by atoms with Gasteiger partial charge in [-0.2, -0.15) is 0 Å². The maximum atomic E-state index is 14.5. The Labute approximate surface area is 137 Å². The Kier molecular flexibility index (Phi) is 5.62. The highest BCUT2D eigenvalue weighted by atomic mass is 79.9. The van der Waals surface area contributed by atoms with Gasteiger partial charge in [0, 0.05) is 15.1 Å². The van der Waals surface area contributed by atoms with E-state index in [4.69, 9.17) is 16.3 Å². The van der Waals surface area contributed by atoms with E-state index in [-0.39, 0.29) is 17.6 Å². The summed E-state index contributed by atoms with van der Waals surface area (Å²) in [5, 5.41) is 3.86. The van der Waals surface area contributed by atoms with Gasteiger partial charge in [-0.1, -0.05) is 46.6 Å². The zero-order valence-electron chi connectivity index (χ0n) is 11.8. The predicted molar refractivity (Wildman–Crippen MR) is 87.6 cm³/mol. The lowest BCUT2D eigenvalue weighted by molar-refractivity contribution is 0.382. The first kappa shape index (κ1) is 16.3. The van der Waals surface area contributed by atoms with Crippen LogP contribution >= 0.6 is 27.5 Å². The van der Waals surface area contributed by atoms with Gasteiger partial charge in [-0.25, -0.2) is 4.39 Å². The molecule has 2 aromatic rings. The Morgan fingerprint density at radius 3 is 2.71 bits per heavy atom. The summed E-state index contributed by atoms with van der Waals surface area (Å²) in [7, 11) is 1.45. The molecule has 0 aromatic heterocycles. The Morgan fingerprint density at radius 1 is 1.29 bits per heavy atom. The topological polar surface area (TPSA) is 21.3 Å². The van der Waals surface area contributed by atoms with E-state index in [2.05, 4.69) is 21.2 Å². The zero-order valence-corrected chi connectivity index (χ0v) is 14.1. The van der Waals surface area contributed by atoms with Crippen molar-refractivity contribution in [1.29, 1.82) is 0 Å². The normalized spacial score (nSPS) is 12.2. The van der Waals surface area contributed by atoms with Gasteiger partial charge in [0.2, 0.25) is 0 Å². The second kappa shape index (κ2) is 7.25. The predicted octanol–water partition coefficient (Wildman–Crippen LogP) is 4.95. The van der Waals surface area contributed by atoms with E-state index in [1.807, 2.05) is 19.1 Å². The number of nitrogens with one attached hydrogen (secondary N) is 1. The second-order valence-corrected chi connectivity index (χ2v) is 5.84. The van der Waals surface area contributed by atoms with Crippen molar-refractivity contribution in [2.45, 2.75) is 13.0 Å². The molecule has 1 N–H and O–H groups in total. The molecular formula is C16H16BrClFNO. The highest BCUT2D eigenvalue weighted by Gasteiger charge is 2.21. The van der Waals surface area contributed by atoms with Crippen LogP contribution in [-0.4, -0.2) is 13.7 Å². The zero-order chi connectivity index (χ0) is 15.4. The first-order valence-electron chi connectivity index (χ1n) is 6.59. The summed E-state index contributed by atoms with van der Waals surface area (Å²) in [5.74, 6) is -0.150. The summed E-state index contributed by atoms with van der Waals surface area (Å²) in [5.41, 5.74) is 1.33. The third-order valence-electron chi connectivity index (χ3n) is 3.20. The summed E-state index contributed by atoms with van der Waals surface area (Å²) < 4.78 is 20.5. The number of halogens is 3. The fourth-order valence-corrected chi connectivity index (χ4v) is 2.84. The van der Waals surface area contributed by atoms with Gasteiger partial charge < -0.3 is 10.1 Å². The number of hydrogen-bond acceptors (Lipinski definition) is 2. The summed E-state index contributed by atoms with van der Waals surface area (Å²) in [4.78, 5) is 0. The van der Waals surface area contributed by atoms with Gasteiger partial charge in [-0.15, -0.1) is 0 Å². The van der Waals surface area contributed by atoms with Crippen LogP contribution in [0.2, 0.25) is 5.02 Å². The molecule has 21 heavy (non-hydrogen) atoms. The lowest BCUT2D eigenvalue weighted by Gasteiger charge is -2.21. The SMILES string of the molecule is CCNC(c1cc(Br)ccc1Cl)c1cccc(OC)c1F. The molecule has 112 valence electrons. The molecule has 0 heterocycles. The standard InChI is InChI=1S/C16H16BrClFNO/c1-3-20-16(12-9-10(17)7-8-13(12)18)11-5-4-6-14(21-2)15(11)19/h4-9,16,20H,3H2,1-2H3. The molecule has 0 saturated carbocycles. The highest BCUT2D eigenvalue weighted by molar-refractivity contribution is 9.10. The number of methoxy groups -OCH3 is 1. The lowest BCUT2D eigenvalue weighted by atomic mass is 9.97. The Bertz CT molecular complexity index is 636. The summed E-state index contributed by atoms with van der Waals surface area (Å²) >= 11 is 9.72. The molecule has 0 bridgehead atoms. The van der Waals surface area contributed by atoms with Crippen LogP contribution < -0.4 is 10.1 Å². The van der Waals surface area contributed by atoms with Crippen LogP contribution in [0.3, 0.4) is 0 Å². The van der Waals surface area contributed by atoms with Crippen LogP contribution in [0.4, 0.5) is 4.39 Å². The van der Waals surface area contributed by atoms with Crippen LogP contribution in [0.15, 0.2) is 40.9 Å². The van der Waals surface area contributed by atoms with Crippen molar-refractivity contribution in [2.24, 2.45) is 0 Å². The fourth-order valence-electron chi connectivity index (χ4n) is 2.24. The van der Waals surface area contributed by atoms with Crippen molar-refractivity contribution in [1.82, 2.24) is 5.32 Å². The third-order valence-corrected chi connectivity index (χ3v) is 4.04. The van der Waals surface area contributed by atoms with Crippen LogP contribution in [-0.2, 0) is 0 Å². The molecule has 1 unspecified atom stereocenters. The maximum absolute atomic E-state index is 14.5. The minimum Gasteiger partial charge on any atom is -0.494 e. The second-order valence-electron chi connectivity index (χ2n) is 4.52. The van der Waals surface area contributed by atoms with Crippen LogP contribution in [0.5, 0.6) is 5.75 Å².